The molecule has 0 saturated carbocycles. The minimum Gasteiger partial charge on any atom is -0.374 e. The van der Waals surface area contributed by atoms with E-state index in [1.165, 1.54) is 23.1 Å². The van der Waals surface area contributed by atoms with Crippen molar-refractivity contribution in [1.29, 1.82) is 0 Å². The third-order valence-corrected chi connectivity index (χ3v) is 3.46. The van der Waals surface area contributed by atoms with E-state index in [-0.39, 0.29) is 6.10 Å². The van der Waals surface area contributed by atoms with Gasteiger partial charge in [0.15, 0.2) is 0 Å². The zero-order valence-electron chi connectivity index (χ0n) is 9.81. The van der Waals surface area contributed by atoms with Crippen molar-refractivity contribution in [3.8, 4) is 0 Å². The van der Waals surface area contributed by atoms with Gasteiger partial charge < -0.3 is 10.1 Å². The van der Waals surface area contributed by atoms with Crippen molar-refractivity contribution < 1.29 is 4.74 Å². The van der Waals surface area contributed by atoms with E-state index < -0.39 is 0 Å². The molecule has 0 bridgehead atoms. The standard InChI is InChI=1S/C13H21NO/c1-9-7-10(2)14-8-12(9)11(3)13-5-4-6-15-13/h10,13-14H,3-8H2,1-2H3. The first kappa shape index (κ1) is 10.9. The van der Waals surface area contributed by atoms with Crippen LogP contribution < -0.4 is 5.32 Å². The van der Waals surface area contributed by atoms with Gasteiger partial charge in [0, 0.05) is 19.2 Å². The maximum Gasteiger partial charge on any atom is 0.0823 e. The largest absolute Gasteiger partial charge is 0.374 e. The lowest BCUT2D eigenvalue weighted by Crippen LogP contribution is -2.34. The lowest BCUT2D eigenvalue weighted by molar-refractivity contribution is 0.138. The van der Waals surface area contributed by atoms with Crippen LogP contribution in [0.25, 0.3) is 0 Å². The van der Waals surface area contributed by atoms with Gasteiger partial charge in [0.1, 0.15) is 0 Å². The molecule has 15 heavy (non-hydrogen) atoms. The van der Waals surface area contributed by atoms with Crippen molar-refractivity contribution in [3.05, 3.63) is 23.3 Å². The SMILES string of the molecule is C=C(C1=C(C)CC(C)NC1)C1CCCO1. The number of hydrogen-bond acceptors (Lipinski definition) is 2. The predicted octanol–water partition coefficient (Wildman–Crippen LogP) is 2.42. The monoisotopic (exact) mass is 207 g/mol. The van der Waals surface area contributed by atoms with Crippen LogP contribution in [0.4, 0.5) is 0 Å². The zero-order chi connectivity index (χ0) is 10.8. The molecule has 2 unspecified atom stereocenters. The minimum atomic E-state index is 0.283. The summed E-state index contributed by atoms with van der Waals surface area (Å²) >= 11 is 0. The summed E-state index contributed by atoms with van der Waals surface area (Å²) in [7, 11) is 0. The Hall–Kier alpha value is -0.600. The molecule has 2 heterocycles. The molecule has 0 aromatic rings. The molecule has 84 valence electrons. The van der Waals surface area contributed by atoms with E-state index in [0.29, 0.717) is 6.04 Å². The molecule has 2 nitrogen and oxygen atoms in total. The van der Waals surface area contributed by atoms with Gasteiger partial charge in [-0.05, 0) is 44.3 Å². The van der Waals surface area contributed by atoms with Gasteiger partial charge in [-0.15, -0.1) is 0 Å². The smallest absolute Gasteiger partial charge is 0.0823 e. The van der Waals surface area contributed by atoms with E-state index in [2.05, 4.69) is 25.7 Å². The summed E-state index contributed by atoms with van der Waals surface area (Å²) in [4.78, 5) is 0. The highest BCUT2D eigenvalue weighted by atomic mass is 16.5. The third kappa shape index (κ3) is 2.32. The molecular formula is C13H21NO. The second-order valence-corrected chi connectivity index (χ2v) is 4.77. The summed E-state index contributed by atoms with van der Waals surface area (Å²) in [5.74, 6) is 0. The molecule has 0 spiro atoms. The van der Waals surface area contributed by atoms with Crippen LogP contribution in [0, 0.1) is 0 Å². The molecule has 0 aromatic heterocycles. The van der Waals surface area contributed by atoms with Gasteiger partial charge in [-0.1, -0.05) is 12.2 Å². The normalized spacial score (nSPS) is 32.1. The van der Waals surface area contributed by atoms with Gasteiger partial charge in [0.05, 0.1) is 6.10 Å². The van der Waals surface area contributed by atoms with Crippen LogP contribution in [0.1, 0.15) is 33.1 Å². The van der Waals surface area contributed by atoms with Crippen LogP contribution in [-0.4, -0.2) is 25.3 Å². The summed E-state index contributed by atoms with van der Waals surface area (Å²) in [6, 6.07) is 0.603. The zero-order valence-corrected chi connectivity index (χ0v) is 9.81. The molecule has 0 aromatic carbocycles. The molecule has 2 aliphatic heterocycles. The fourth-order valence-electron chi connectivity index (χ4n) is 2.52. The van der Waals surface area contributed by atoms with Crippen molar-refractivity contribution >= 4 is 0 Å². The average molecular weight is 207 g/mol. The second kappa shape index (κ2) is 4.50. The van der Waals surface area contributed by atoms with Gasteiger partial charge in [0.25, 0.3) is 0 Å². The first-order valence-corrected chi connectivity index (χ1v) is 5.91. The van der Waals surface area contributed by atoms with E-state index >= 15 is 0 Å². The first-order valence-electron chi connectivity index (χ1n) is 5.91. The van der Waals surface area contributed by atoms with Crippen LogP contribution in [0.5, 0.6) is 0 Å². The van der Waals surface area contributed by atoms with Crippen LogP contribution >= 0.6 is 0 Å². The van der Waals surface area contributed by atoms with Crippen molar-refractivity contribution in [2.75, 3.05) is 13.2 Å². The van der Waals surface area contributed by atoms with Crippen LogP contribution in [-0.2, 0) is 4.74 Å². The fraction of sp³-hybridized carbons (Fsp3) is 0.692. The third-order valence-electron chi connectivity index (χ3n) is 3.46. The molecule has 2 heteroatoms. The van der Waals surface area contributed by atoms with Crippen molar-refractivity contribution in [2.45, 2.75) is 45.3 Å². The Morgan fingerprint density at radius 2 is 2.33 bits per heavy atom. The maximum absolute atomic E-state index is 5.68. The van der Waals surface area contributed by atoms with Gasteiger partial charge in [0.2, 0.25) is 0 Å². The molecule has 0 amide bonds. The number of nitrogens with one attached hydrogen (secondary N) is 1. The quantitative estimate of drug-likeness (QED) is 0.751. The molecule has 1 saturated heterocycles. The summed E-state index contributed by atoms with van der Waals surface area (Å²) in [6.45, 7) is 10.5. The summed E-state index contributed by atoms with van der Waals surface area (Å²) in [5, 5.41) is 3.49. The van der Waals surface area contributed by atoms with E-state index in [9.17, 15) is 0 Å². The molecule has 0 radical (unpaired) electrons. The Morgan fingerprint density at radius 1 is 1.53 bits per heavy atom. The van der Waals surface area contributed by atoms with Gasteiger partial charge in [-0.3, -0.25) is 0 Å². The van der Waals surface area contributed by atoms with Crippen LogP contribution in [0.2, 0.25) is 0 Å². The summed E-state index contributed by atoms with van der Waals surface area (Å²) in [5.41, 5.74) is 4.10. The van der Waals surface area contributed by atoms with Crippen molar-refractivity contribution in [1.82, 2.24) is 5.32 Å². The highest BCUT2D eigenvalue weighted by molar-refractivity contribution is 5.38. The van der Waals surface area contributed by atoms with Crippen molar-refractivity contribution in [3.63, 3.8) is 0 Å². The van der Waals surface area contributed by atoms with Gasteiger partial charge in [-0.2, -0.15) is 0 Å². The molecule has 2 aliphatic rings. The summed E-state index contributed by atoms with van der Waals surface area (Å²) in [6.07, 6.45) is 3.75. The van der Waals surface area contributed by atoms with E-state index in [4.69, 9.17) is 4.74 Å². The fourth-order valence-corrected chi connectivity index (χ4v) is 2.52. The highest BCUT2D eigenvalue weighted by Gasteiger charge is 2.24. The Kier molecular flexibility index (Phi) is 3.27. The molecular weight excluding hydrogens is 186 g/mol. The first-order chi connectivity index (χ1) is 7.18. The molecule has 2 atom stereocenters. The number of hydrogen-bond donors (Lipinski definition) is 1. The highest BCUT2D eigenvalue weighted by Crippen LogP contribution is 2.28. The van der Waals surface area contributed by atoms with Gasteiger partial charge in [-0.25, -0.2) is 0 Å². The Bertz CT molecular complexity index is 287. The molecule has 0 aliphatic carbocycles. The molecule has 2 rings (SSSR count). The van der Waals surface area contributed by atoms with Crippen LogP contribution in [0.15, 0.2) is 23.3 Å². The predicted molar refractivity (Wildman–Crippen MR) is 62.9 cm³/mol. The van der Waals surface area contributed by atoms with E-state index in [1.807, 2.05) is 0 Å². The van der Waals surface area contributed by atoms with E-state index in [0.717, 1.165) is 26.0 Å². The molecule has 1 fully saturated rings. The topological polar surface area (TPSA) is 21.3 Å². The number of ether oxygens (including phenoxy) is 1. The van der Waals surface area contributed by atoms with E-state index in [1.54, 1.807) is 0 Å². The minimum absolute atomic E-state index is 0.283. The van der Waals surface area contributed by atoms with Crippen molar-refractivity contribution in [2.24, 2.45) is 0 Å². The number of rotatable bonds is 2. The average Bonchev–Trinajstić information content (AvgIpc) is 2.69. The Morgan fingerprint density at radius 3 is 2.93 bits per heavy atom. The lowest BCUT2D eigenvalue weighted by atomic mass is 9.90. The molecule has 1 N–H and O–H groups in total. The van der Waals surface area contributed by atoms with Crippen LogP contribution in [0.3, 0.4) is 0 Å². The second-order valence-electron chi connectivity index (χ2n) is 4.77. The Labute approximate surface area is 92.4 Å². The Balaban J connectivity index is 2.08. The lowest BCUT2D eigenvalue weighted by Gasteiger charge is -2.27. The maximum atomic E-state index is 5.68. The van der Waals surface area contributed by atoms with Gasteiger partial charge >= 0.3 is 0 Å². The summed E-state index contributed by atoms with van der Waals surface area (Å²) < 4.78 is 5.68.